The van der Waals surface area contributed by atoms with Crippen molar-refractivity contribution in [3.63, 3.8) is 0 Å². The topological polar surface area (TPSA) is 104 Å². The lowest BCUT2D eigenvalue weighted by atomic mass is 10.1. The summed E-state index contributed by atoms with van der Waals surface area (Å²) in [5.41, 5.74) is 0.206. The molecule has 0 saturated carbocycles. The highest BCUT2D eigenvalue weighted by Gasteiger charge is 2.27. The second-order valence-corrected chi connectivity index (χ2v) is 7.86. The van der Waals surface area contributed by atoms with Gasteiger partial charge in [-0.2, -0.15) is 0 Å². The number of nitrogens with zero attached hydrogens (tertiary/aromatic N) is 1. The van der Waals surface area contributed by atoms with E-state index in [2.05, 4.69) is 21.2 Å². The third-order valence-corrected chi connectivity index (χ3v) is 5.67. The SMILES string of the molecule is O=C(O)c1cc(Br)cc(C(=O)NCCN2CCCS2(=O)=O)c1. The van der Waals surface area contributed by atoms with Crippen LogP contribution in [0, 0.1) is 0 Å². The molecule has 2 N–H and O–H groups in total. The quantitative estimate of drug-likeness (QED) is 0.777. The predicted octanol–water partition coefficient (Wildman–Crippen LogP) is 0.913. The van der Waals surface area contributed by atoms with Crippen molar-refractivity contribution in [2.75, 3.05) is 25.4 Å². The van der Waals surface area contributed by atoms with Gasteiger partial charge in [0.2, 0.25) is 10.0 Å². The second-order valence-electron chi connectivity index (χ2n) is 4.86. The van der Waals surface area contributed by atoms with Crippen LogP contribution < -0.4 is 5.32 Å². The number of sulfonamides is 1. The number of carbonyl (C=O) groups is 2. The number of carboxylic acids is 1. The number of nitrogens with one attached hydrogen (secondary N) is 1. The molecule has 2 rings (SSSR count). The molecule has 0 spiro atoms. The minimum absolute atomic E-state index is 0.00152. The molecule has 1 aromatic rings. The van der Waals surface area contributed by atoms with Gasteiger partial charge in [-0.3, -0.25) is 4.79 Å². The minimum Gasteiger partial charge on any atom is -0.478 e. The summed E-state index contributed by atoms with van der Waals surface area (Å²) < 4.78 is 25.1. The Morgan fingerprint density at radius 3 is 2.55 bits per heavy atom. The van der Waals surface area contributed by atoms with Crippen LogP contribution in [0.5, 0.6) is 0 Å². The average molecular weight is 391 g/mol. The maximum Gasteiger partial charge on any atom is 0.335 e. The highest BCUT2D eigenvalue weighted by molar-refractivity contribution is 9.10. The first kappa shape index (κ1) is 16.9. The Hall–Kier alpha value is -1.45. The first-order chi connectivity index (χ1) is 10.3. The molecule has 0 aromatic heterocycles. The number of aromatic carboxylic acids is 1. The zero-order valence-corrected chi connectivity index (χ0v) is 14.0. The van der Waals surface area contributed by atoms with Gasteiger partial charge in [0.05, 0.1) is 11.3 Å². The van der Waals surface area contributed by atoms with Gasteiger partial charge in [0.1, 0.15) is 0 Å². The van der Waals surface area contributed by atoms with Crippen molar-refractivity contribution in [1.29, 1.82) is 0 Å². The summed E-state index contributed by atoms with van der Waals surface area (Å²) in [6, 6.07) is 4.18. The van der Waals surface area contributed by atoms with Gasteiger partial charge in [0.25, 0.3) is 5.91 Å². The first-order valence-electron chi connectivity index (χ1n) is 6.59. The van der Waals surface area contributed by atoms with Gasteiger partial charge >= 0.3 is 5.97 Å². The highest BCUT2D eigenvalue weighted by Crippen LogP contribution is 2.16. The van der Waals surface area contributed by atoms with E-state index in [-0.39, 0.29) is 30.0 Å². The van der Waals surface area contributed by atoms with E-state index < -0.39 is 21.9 Å². The maximum absolute atomic E-state index is 12.0. The van der Waals surface area contributed by atoms with Gasteiger partial charge in [-0.05, 0) is 24.6 Å². The van der Waals surface area contributed by atoms with Crippen molar-refractivity contribution in [3.05, 3.63) is 33.8 Å². The van der Waals surface area contributed by atoms with E-state index in [4.69, 9.17) is 5.11 Å². The lowest BCUT2D eigenvalue weighted by molar-refractivity contribution is 0.0696. The Labute approximate surface area is 136 Å². The summed E-state index contributed by atoms with van der Waals surface area (Å²) in [5, 5.41) is 11.6. The van der Waals surface area contributed by atoms with Gasteiger partial charge in [-0.1, -0.05) is 15.9 Å². The molecule has 0 unspecified atom stereocenters. The van der Waals surface area contributed by atoms with E-state index >= 15 is 0 Å². The van der Waals surface area contributed by atoms with Crippen LogP contribution in [0.2, 0.25) is 0 Å². The highest BCUT2D eigenvalue weighted by atomic mass is 79.9. The Bertz CT molecular complexity index is 704. The lowest BCUT2D eigenvalue weighted by Gasteiger charge is -2.14. The standard InChI is InChI=1S/C13H15BrN2O5S/c14-11-7-9(6-10(8-11)13(18)19)12(17)15-2-4-16-3-1-5-22(16,20)21/h6-8H,1-5H2,(H,15,17)(H,18,19). The van der Waals surface area contributed by atoms with E-state index in [0.29, 0.717) is 17.4 Å². The molecule has 22 heavy (non-hydrogen) atoms. The van der Waals surface area contributed by atoms with Crippen molar-refractivity contribution in [2.45, 2.75) is 6.42 Å². The minimum atomic E-state index is -3.18. The van der Waals surface area contributed by atoms with Crippen LogP contribution in [-0.2, 0) is 10.0 Å². The summed E-state index contributed by atoms with van der Waals surface area (Å²) in [7, 11) is -3.18. The Morgan fingerprint density at radius 2 is 1.95 bits per heavy atom. The van der Waals surface area contributed by atoms with Gasteiger partial charge in [-0.15, -0.1) is 0 Å². The van der Waals surface area contributed by atoms with E-state index in [1.165, 1.54) is 22.5 Å². The van der Waals surface area contributed by atoms with E-state index in [0.717, 1.165) is 0 Å². The van der Waals surface area contributed by atoms with E-state index in [9.17, 15) is 18.0 Å². The molecule has 1 heterocycles. The van der Waals surface area contributed by atoms with E-state index in [1.54, 1.807) is 0 Å². The smallest absolute Gasteiger partial charge is 0.335 e. The van der Waals surface area contributed by atoms with Crippen LogP contribution in [0.15, 0.2) is 22.7 Å². The van der Waals surface area contributed by atoms with Crippen molar-refractivity contribution < 1.29 is 23.1 Å². The molecule has 120 valence electrons. The first-order valence-corrected chi connectivity index (χ1v) is 9.00. The van der Waals surface area contributed by atoms with Gasteiger partial charge in [0.15, 0.2) is 0 Å². The molecule has 1 aliphatic rings. The molecule has 1 fully saturated rings. The number of amides is 1. The summed E-state index contributed by atoms with van der Waals surface area (Å²) in [5.74, 6) is -1.42. The number of benzene rings is 1. The zero-order chi connectivity index (χ0) is 16.3. The maximum atomic E-state index is 12.0. The molecule has 1 amide bonds. The van der Waals surface area contributed by atoms with Crippen LogP contribution in [-0.4, -0.2) is 55.1 Å². The third-order valence-electron chi connectivity index (χ3n) is 3.26. The van der Waals surface area contributed by atoms with E-state index in [1.807, 2.05) is 0 Å². The molecule has 1 saturated heterocycles. The zero-order valence-electron chi connectivity index (χ0n) is 11.6. The molecule has 0 atom stereocenters. The molecule has 0 bridgehead atoms. The number of hydrogen-bond donors (Lipinski definition) is 2. The fraction of sp³-hybridized carbons (Fsp3) is 0.385. The molecule has 1 aliphatic heterocycles. The van der Waals surface area contributed by atoms with Gasteiger partial charge in [0, 0.05) is 29.7 Å². The van der Waals surface area contributed by atoms with Gasteiger partial charge < -0.3 is 10.4 Å². The number of carbonyl (C=O) groups excluding carboxylic acids is 1. The molecule has 0 aliphatic carbocycles. The molecule has 1 aromatic carbocycles. The third kappa shape index (κ3) is 4.05. The number of hydrogen-bond acceptors (Lipinski definition) is 4. The summed E-state index contributed by atoms with van der Waals surface area (Å²) in [4.78, 5) is 23.0. The second kappa shape index (κ2) is 6.76. The monoisotopic (exact) mass is 390 g/mol. The fourth-order valence-electron chi connectivity index (χ4n) is 2.18. The van der Waals surface area contributed by atoms with Crippen molar-refractivity contribution in [2.24, 2.45) is 0 Å². The molecular weight excluding hydrogens is 376 g/mol. The molecular formula is C13H15BrN2O5S. The van der Waals surface area contributed by atoms with Crippen LogP contribution in [0.4, 0.5) is 0 Å². The van der Waals surface area contributed by atoms with Crippen LogP contribution in [0.1, 0.15) is 27.1 Å². The Kier molecular flexibility index (Phi) is 5.20. The number of carboxylic acid groups (broad SMARTS) is 1. The van der Waals surface area contributed by atoms with Crippen LogP contribution in [0.3, 0.4) is 0 Å². The van der Waals surface area contributed by atoms with Crippen molar-refractivity contribution >= 4 is 37.8 Å². The van der Waals surface area contributed by atoms with Crippen molar-refractivity contribution in [1.82, 2.24) is 9.62 Å². The summed E-state index contributed by atoms with van der Waals surface area (Å²) in [6.07, 6.45) is 0.601. The molecule has 7 nitrogen and oxygen atoms in total. The Balaban J connectivity index is 1.97. The summed E-state index contributed by atoms with van der Waals surface area (Å²) in [6.45, 7) is 0.860. The summed E-state index contributed by atoms with van der Waals surface area (Å²) >= 11 is 3.16. The Morgan fingerprint density at radius 1 is 1.27 bits per heavy atom. The van der Waals surface area contributed by atoms with Crippen LogP contribution >= 0.6 is 15.9 Å². The normalized spacial score (nSPS) is 17.3. The number of rotatable bonds is 5. The fourth-order valence-corrected chi connectivity index (χ4v) is 4.20. The molecule has 0 radical (unpaired) electrons. The van der Waals surface area contributed by atoms with Crippen LogP contribution in [0.25, 0.3) is 0 Å². The van der Waals surface area contributed by atoms with Crippen molar-refractivity contribution in [3.8, 4) is 0 Å². The predicted molar refractivity (Wildman–Crippen MR) is 83.4 cm³/mol. The largest absolute Gasteiger partial charge is 0.478 e. The number of halogens is 1. The molecule has 9 heteroatoms. The lowest BCUT2D eigenvalue weighted by Crippen LogP contribution is -2.35. The average Bonchev–Trinajstić information content (AvgIpc) is 2.77. The van der Waals surface area contributed by atoms with Gasteiger partial charge in [-0.25, -0.2) is 17.5 Å².